The second-order valence-corrected chi connectivity index (χ2v) is 9.99. The Morgan fingerprint density at radius 1 is 1.23 bits per heavy atom. The molecule has 12 heteroatoms. The predicted octanol–water partition coefficient (Wildman–Crippen LogP) is 3.20. The molecule has 3 aromatic rings. The highest BCUT2D eigenvalue weighted by Crippen LogP contribution is 2.28. The van der Waals surface area contributed by atoms with Crippen molar-refractivity contribution in [2.75, 3.05) is 19.4 Å². The molecule has 0 fully saturated rings. The van der Waals surface area contributed by atoms with Gasteiger partial charge in [0.05, 0.1) is 11.6 Å². The molecule has 0 bridgehead atoms. The number of sulfonamides is 1. The van der Waals surface area contributed by atoms with Crippen molar-refractivity contribution in [1.82, 2.24) is 14.6 Å². The summed E-state index contributed by atoms with van der Waals surface area (Å²) in [5.74, 6) is 0.362. The lowest BCUT2D eigenvalue weighted by molar-refractivity contribution is -0.119. The van der Waals surface area contributed by atoms with Crippen molar-refractivity contribution in [3.05, 3.63) is 52.1 Å². The summed E-state index contributed by atoms with van der Waals surface area (Å²) in [4.78, 5) is 27.8. The molecule has 1 aromatic carbocycles. The van der Waals surface area contributed by atoms with Crippen molar-refractivity contribution in [2.45, 2.75) is 18.4 Å². The number of aromatic nitrogens is 1. The molecule has 164 valence electrons. The number of nitrogens with one attached hydrogen (secondary N) is 2. The molecule has 3 rings (SSSR count). The lowest BCUT2D eigenvalue weighted by Crippen LogP contribution is -2.23. The van der Waals surface area contributed by atoms with E-state index in [1.165, 1.54) is 50.6 Å². The van der Waals surface area contributed by atoms with Gasteiger partial charge >= 0.3 is 0 Å². The molecule has 0 atom stereocenters. The van der Waals surface area contributed by atoms with Crippen LogP contribution in [0.1, 0.15) is 23.0 Å². The zero-order valence-electron chi connectivity index (χ0n) is 16.8. The number of benzene rings is 1. The van der Waals surface area contributed by atoms with Gasteiger partial charge in [-0.05, 0) is 30.3 Å². The maximum atomic E-state index is 12.6. The molecule has 2 amide bonds. The van der Waals surface area contributed by atoms with E-state index in [2.05, 4.69) is 15.6 Å². The number of carbonyl (C=O) groups is 2. The number of carbonyl (C=O) groups excluding carboxylic acids is 2. The Morgan fingerprint density at radius 2 is 1.97 bits per heavy atom. The van der Waals surface area contributed by atoms with Gasteiger partial charge in [-0.25, -0.2) is 17.7 Å². The topological polar surface area (TPSA) is 122 Å². The van der Waals surface area contributed by atoms with Crippen molar-refractivity contribution >= 4 is 49.9 Å². The Bertz CT molecular complexity index is 1230. The Kier molecular flexibility index (Phi) is 6.80. The maximum Gasteiger partial charge on any atom is 0.257 e. The van der Waals surface area contributed by atoms with Crippen LogP contribution >= 0.6 is 22.9 Å². The first-order valence-electron chi connectivity index (χ1n) is 8.90. The Hall–Kier alpha value is -2.73. The van der Waals surface area contributed by atoms with Crippen molar-refractivity contribution in [3.8, 4) is 11.5 Å². The molecule has 9 nitrogen and oxygen atoms in total. The number of nitrogens with zero attached hydrogens (tertiary/aromatic N) is 2. The van der Waals surface area contributed by atoms with Crippen LogP contribution in [0.3, 0.4) is 0 Å². The molecule has 2 heterocycles. The highest BCUT2D eigenvalue weighted by Gasteiger charge is 2.23. The van der Waals surface area contributed by atoms with E-state index in [0.29, 0.717) is 22.3 Å². The third-order valence-electron chi connectivity index (χ3n) is 4.10. The molecule has 2 aromatic heterocycles. The number of hydrogen-bond acceptors (Lipinski definition) is 7. The van der Waals surface area contributed by atoms with Crippen LogP contribution in [0.15, 0.2) is 45.0 Å². The summed E-state index contributed by atoms with van der Waals surface area (Å²) in [6, 6.07) is 7.46. The minimum atomic E-state index is -3.81. The van der Waals surface area contributed by atoms with Crippen molar-refractivity contribution in [3.63, 3.8) is 0 Å². The fourth-order valence-corrected chi connectivity index (χ4v) is 4.56. The highest BCUT2D eigenvalue weighted by molar-refractivity contribution is 7.89. The van der Waals surface area contributed by atoms with Crippen LogP contribution in [-0.2, 0) is 21.4 Å². The van der Waals surface area contributed by atoms with Crippen LogP contribution in [-0.4, -0.2) is 43.6 Å². The number of amides is 2. The highest BCUT2D eigenvalue weighted by atomic mass is 35.5. The first-order chi connectivity index (χ1) is 14.6. The number of furan rings is 1. The predicted molar refractivity (Wildman–Crippen MR) is 118 cm³/mol. The number of thiazole rings is 1. The summed E-state index contributed by atoms with van der Waals surface area (Å²) < 4.78 is 31.5. The minimum absolute atomic E-state index is 0.0228. The van der Waals surface area contributed by atoms with E-state index in [4.69, 9.17) is 16.0 Å². The zero-order chi connectivity index (χ0) is 22.8. The normalized spacial score (nSPS) is 11.5. The van der Waals surface area contributed by atoms with E-state index in [1.807, 2.05) is 0 Å². The molecular formula is C19H19ClN4O5S2. The van der Waals surface area contributed by atoms with E-state index >= 15 is 0 Å². The van der Waals surface area contributed by atoms with Crippen LogP contribution in [0.25, 0.3) is 11.5 Å². The van der Waals surface area contributed by atoms with E-state index in [0.717, 1.165) is 4.31 Å². The van der Waals surface area contributed by atoms with E-state index in [-0.39, 0.29) is 27.9 Å². The fraction of sp³-hybridized carbons (Fsp3) is 0.211. The Morgan fingerprint density at radius 3 is 2.65 bits per heavy atom. The molecule has 2 N–H and O–H groups in total. The minimum Gasteiger partial charge on any atom is -0.458 e. The lowest BCUT2D eigenvalue weighted by Gasteiger charge is -2.13. The Labute approximate surface area is 188 Å². The van der Waals surface area contributed by atoms with Crippen LogP contribution < -0.4 is 10.6 Å². The number of halogens is 1. The number of anilines is 1. The van der Waals surface area contributed by atoms with Crippen molar-refractivity contribution in [1.29, 1.82) is 0 Å². The fourth-order valence-electron chi connectivity index (χ4n) is 2.47. The smallest absolute Gasteiger partial charge is 0.257 e. The zero-order valence-corrected chi connectivity index (χ0v) is 19.2. The molecule has 0 aliphatic rings. The monoisotopic (exact) mass is 482 g/mol. The molecule has 0 aliphatic carbocycles. The first-order valence-corrected chi connectivity index (χ1v) is 11.6. The summed E-state index contributed by atoms with van der Waals surface area (Å²) in [5, 5.41) is 7.32. The van der Waals surface area contributed by atoms with Crippen LogP contribution in [0.2, 0.25) is 5.02 Å². The second-order valence-electron chi connectivity index (χ2n) is 6.60. The van der Waals surface area contributed by atoms with Gasteiger partial charge in [0.15, 0.2) is 10.9 Å². The van der Waals surface area contributed by atoms with Gasteiger partial charge < -0.3 is 9.73 Å². The standard InChI is InChI=1S/C19H19ClN4O5S2/c1-11(25)21-9-13-5-7-16(29-13)15-10-30-19(22-15)23-18(26)12-4-6-14(20)17(8-12)31(27,28)24(2)3/h4-8,10H,9H2,1-3H3,(H,21,25)(H,22,23,26). The molecule has 0 unspecified atom stereocenters. The number of hydrogen-bond donors (Lipinski definition) is 2. The second kappa shape index (κ2) is 9.18. The average molecular weight is 483 g/mol. The molecule has 0 saturated heterocycles. The van der Waals surface area contributed by atoms with Crippen LogP contribution in [0.4, 0.5) is 5.13 Å². The molecule has 0 aliphatic heterocycles. The van der Waals surface area contributed by atoms with E-state index < -0.39 is 15.9 Å². The van der Waals surface area contributed by atoms with Gasteiger partial charge in [-0.2, -0.15) is 0 Å². The summed E-state index contributed by atoms with van der Waals surface area (Å²) in [5.41, 5.74) is 0.638. The Balaban J connectivity index is 1.75. The molecular weight excluding hydrogens is 464 g/mol. The van der Waals surface area contributed by atoms with Crippen LogP contribution in [0, 0.1) is 0 Å². The molecule has 0 spiro atoms. The largest absolute Gasteiger partial charge is 0.458 e. The van der Waals surface area contributed by atoms with Crippen molar-refractivity contribution < 1.29 is 22.4 Å². The van der Waals surface area contributed by atoms with Gasteiger partial charge in [-0.1, -0.05) is 11.6 Å². The molecule has 0 radical (unpaired) electrons. The lowest BCUT2D eigenvalue weighted by atomic mass is 10.2. The molecule has 31 heavy (non-hydrogen) atoms. The van der Waals surface area contributed by atoms with Gasteiger partial charge in [0, 0.05) is 32.0 Å². The van der Waals surface area contributed by atoms with Gasteiger partial charge in [0.25, 0.3) is 5.91 Å². The third-order valence-corrected chi connectivity index (χ3v) is 7.16. The molecule has 0 saturated carbocycles. The number of rotatable bonds is 7. The van der Waals surface area contributed by atoms with Crippen LogP contribution in [0.5, 0.6) is 0 Å². The third kappa shape index (κ3) is 5.31. The van der Waals surface area contributed by atoms with Gasteiger partial charge in [-0.15, -0.1) is 11.3 Å². The maximum absolute atomic E-state index is 12.6. The van der Waals surface area contributed by atoms with E-state index in [1.54, 1.807) is 17.5 Å². The van der Waals surface area contributed by atoms with Gasteiger partial charge in [-0.3, -0.25) is 14.9 Å². The summed E-state index contributed by atoms with van der Waals surface area (Å²) in [6.45, 7) is 1.68. The van der Waals surface area contributed by atoms with Crippen molar-refractivity contribution in [2.24, 2.45) is 0 Å². The SMILES string of the molecule is CC(=O)NCc1ccc(-c2csc(NC(=O)c3ccc(Cl)c(S(=O)(=O)N(C)C)c3)n2)o1. The summed E-state index contributed by atoms with van der Waals surface area (Å²) >= 11 is 7.21. The van der Waals surface area contributed by atoms with E-state index in [9.17, 15) is 18.0 Å². The first kappa shape index (κ1) is 22.9. The average Bonchev–Trinajstić information content (AvgIpc) is 3.35. The summed E-state index contributed by atoms with van der Waals surface area (Å²) in [6.07, 6.45) is 0. The van der Waals surface area contributed by atoms with Gasteiger partial charge in [0.2, 0.25) is 15.9 Å². The van der Waals surface area contributed by atoms with Gasteiger partial charge in [0.1, 0.15) is 16.3 Å². The summed E-state index contributed by atoms with van der Waals surface area (Å²) in [7, 11) is -1.05. The quantitative estimate of drug-likeness (QED) is 0.533.